The van der Waals surface area contributed by atoms with Crippen LogP contribution in [0.25, 0.3) is 0 Å². The van der Waals surface area contributed by atoms with E-state index < -0.39 is 0 Å². The molecule has 1 saturated heterocycles. The van der Waals surface area contributed by atoms with Gasteiger partial charge in [0.15, 0.2) is 5.16 Å². The van der Waals surface area contributed by atoms with Crippen LogP contribution in [0.5, 0.6) is 0 Å². The highest BCUT2D eigenvalue weighted by atomic mass is 32.2. The minimum absolute atomic E-state index is 0.119. The highest BCUT2D eigenvalue weighted by molar-refractivity contribution is 7.99. The highest BCUT2D eigenvalue weighted by Gasteiger charge is 2.21. The van der Waals surface area contributed by atoms with Gasteiger partial charge in [0.1, 0.15) is 0 Å². The van der Waals surface area contributed by atoms with E-state index in [1.165, 1.54) is 11.8 Å². The molecule has 2 aromatic rings. The van der Waals surface area contributed by atoms with Crippen molar-refractivity contribution in [3.8, 4) is 0 Å². The predicted molar refractivity (Wildman–Crippen MR) is 111 cm³/mol. The minimum Gasteiger partial charge on any atom is -0.378 e. The van der Waals surface area contributed by atoms with Gasteiger partial charge in [0.05, 0.1) is 19.0 Å². The summed E-state index contributed by atoms with van der Waals surface area (Å²) in [5, 5.41) is 9.32. The van der Waals surface area contributed by atoms with Crippen molar-refractivity contribution in [3.63, 3.8) is 0 Å². The molecule has 1 aliphatic heterocycles. The standard InChI is InChI=1S/C19H26N6O3S/c1-14(2)12-25-18(24-8-10-28-11-9-24)22-23-19(25)29-13-16(26)20-21-17(27)15-6-4-3-5-7-15/h3-7,14H,8-13H2,1-2H3,(H,20,26)(H,21,27). The summed E-state index contributed by atoms with van der Waals surface area (Å²) in [6.45, 7) is 7.89. The lowest BCUT2D eigenvalue weighted by Gasteiger charge is -2.28. The molecule has 29 heavy (non-hydrogen) atoms. The Morgan fingerprint density at radius 2 is 1.86 bits per heavy atom. The van der Waals surface area contributed by atoms with Gasteiger partial charge in [-0.25, -0.2) is 0 Å². The maximum Gasteiger partial charge on any atom is 0.269 e. The monoisotopic (exact) mass is 418 g/mol. The van der Waals surface area contributed by atoms with Crippen molar-refractivity contribution in [1.29, 1.82) is 0 Å². The Kier molecular flexibility index (Phi) is 7.48. The summed E-state index contributed by atoms with van der Waals surface area (Å²) in [5.74, 6) is 0.660. The fourth-order valence-electron chi connectivity index (χ4n) is 2.86. The summed E-state index contributed by atoms with van der Waals surface area (Å²) < 4.78 is 7.47. The molecule has 2 heterocycles. The minimum atomic E-state index is -0.360. The van der Waals surface area contributed by atoms with Gasteiger partial charge in [-0.1, -0.05) is 43.8 Å². The molecule has 156 valence electrons. The fourth-order valence-corrected chi connectivity index (χ4v) is 3.61. The van der Waals surface area contributed by atoms with E-state index in [2.05, 4.69) is 44.4 Å². The predicted octanol–water partition coefficient (Wildman–Crippen LogP) is 1.32. The first kappa shape index (κ1) is 21.1. The van der Waals surface area contributed by atoms with Crippen LogP contribution < -0.4 is 15.8 Å². The van der Waals surface area contributed by atoms with Crippen molar-refractivity contribution in [1.82, 2.24) is 25.6 Å². The van der Waals surface area contributed by atoms with Crippen LogP contribution in [0.1, 0.15) is 24.2 Å². The van der Waals surface area contributed by atoms with Crippen molar-refractivity contribution in [3.05, 3.63) is 35.9 Å². The smallest absolute Gasteiger partial charge is 0.269 e. The third-order valence-electron chi connectivity index (χ3n) is 4.22. The second-order valence-corrected chi connectivity index (χ2v) is 7.99. The lowest BCUT2D eigenvalue weighted by molar-refractivity contribution is -0.119. The van der Waals surface area contributed by atoms with Gasteiger partial charge >= 0.3 is 0 Å². The van der Waals surface area contributed by atoms with E-state index >= 15 is 0 Å². The summed E-state index contributed by atoms with van der Waals surface area (Å²) >= 11 is 1.30. The van der Waals surface area contributed by atoms with E-state index in [9.17, 15) is 9.59 Å². The molecule has 2 amide bonds. The van der Waals surface area contributed by atoms with Crippen LogP contribution in [0.4, 0.5) is 5.95 Å². The zero-order valence-electron chi connectivity index (χ0n) is 16.6. The molecule has 2 N–H and O–H groups in total. The zero-order valence-corrected chi connectivity index (χ0v) is 17.4. The summed E-state index contributed by atoms with van der Waals surface area (Å²) in [6, 6.07) is 8.71. The van der Waals surface area contributed by atoms with Crippen molar-refractivity contribution in [2.75, 3.05) is 37.0 Å². The summed E-state index contributed by atoms with van der Waals surface area (Å²) in [5.41, 5.74) is 5.34. The lowest BCUT2D eigenvalue weighted by Crippen LogP contribution is -2.42. The molecular weight excluding hydrogens is 392 g/mol. The molecule has 10 heteroatoms. The number of hydrogen-bond acceptors (Lipinski definition) is 7. The van der Waals surface area contributed by atoms with Crippen LogP contribution in [0.3, 0.4) is 0 Å². The Bertz CT molecular complexity index is 821. The van der Waals surface area contributed by atoms with E-state index in [4.69, 9.17) is 4.74 Å². The number of carbonyl (C=O) groups excluding carboxylic acids is 2. The molecule has 0 atom stereocenters. The first-order chi connectivity index (χ1) is 14.0. The third-order valence-corrected chi connectivity index (χ3v) is 5.19. The number of carbonyl (C=O) groups is 2. The van der Waals surface area contributed by atoms with Gasteiger partial charge in [0, 0.05) is 25.2 Å². The number of hydrogen-bond donors (Lipinski definition) is 2. The Hall–Kier alpha value is -2.59. The molecule has 1 fully saturated rings. The first-order valence-electron chi connectivity index (χ1n) is 9.57. The molecule has 9 nitrogen and oxygen atoms in total. The Morgan fingerprint density at radius 3 is 2.55 bits per heavy atom. The van der Waals surface area contributed by atoms with Gasteiger partial charge in [-0.15, -0.1) is 10.2 Å². The number of morpholine rings is 1. The maximum atomic E-state index is 12.2. The van der Waals surface area contributed by atoms with E-state index in [1.807, 2.05) is 6.07 Å². The van der Waals surface area contributed by atoms with Gasteiger partial charge in [-0.05, 0) is 18.1 Å². The number of nitrogens with one attached hydrogen (secondary N) is 2. The number of nitrogens with zero attached hydrogens (tertiary/aromatic N) is 4. The fraction of sp³-hybridized carbons (Fsp3) is 0.474. The maximum absolute atomic E-state index is 12.2. The van der Waals surface area contributed by atoms with Gasteiger partial charge in [0.25, 0.3) is 5.91 Å². The quantitative estimate of drug-likeness (QED) is 0.517. The number of aromatic nitrogens is 3. The van der Waals surface area contributed by atoms with Gasteiger partial charge in [-0.2, -0.15) is 0 Å². The highest BCUT2D eigenvalue weighted by Crippen LogP contribution is 2.24. The molecule has 0 unspecified atom stereocenters. The van der Waals surface area contributed by atoms with Crippen LogP contribution >= 0.6 is 11.8 Å². The van der Waals surface area contributed by atoms with Gasteiger partial charge in [-0.3, -0.25) is 25.0 Å². The molecule has 1 aliphatic rings. The molecule has 0 radical (unpaired) electrons. The van der Waals surface area contributed by atoms with E-state index in [-0.39, 0.29) is 17.6 Å². The second-order valence-electron chi connectivity index (χ2n) is 7.04. The summed E-state index contributed by atoms with van der Waals surface area (Å²) in [7, 11) is 0. The number of ether oxygens (including phenoxy) is 1. The van der Waals surface area contributed by atoms with Crippen molar-refractivity contribution < 1.29 is 14.3 Å². The first-order valence-corrected chi connectivity index (χ1v) is 10.6. The number of anilines is 1. The molecule has 0 aliphatic carbocycles. The third kappa shape index (κ3) is 5.94. The summed E-state index contributed by atoms with van der Waals surface area (Å²) in [6.07, 6.45) is 0. The molecule has 3 rings (SSSR count). The van der Waals surface area contributed by atoms with E-state index in [0.717, 1.165) is 25.6 Å². The lowest BCUT2D eigenvalue weighted by atomic mass is 10.2. The van der Waals surface area contributed by atoms with E-state index in [1.54, 1.807) is 24.3 Å². The topological polar surface area (TPSA) is 101 Å². The van der Waals surface area contributed by atoms with Gasteiger partial charge < -0.3 is 9.64 Å². The van der Waals surface area contributed by atoms with Crippen LogP contribution in [0.2, 0.25) is 0 Å². The average molecular weight is 419 g/mol. The molecule has 0 bridgehead atoms. The Labute approximate surface area is 174 Å². The number of rotatable bonds is 7. The van der Waals surface area contributed by atoms with Crippen LogP contribution in [0, 0.1) is 5.92 Å². The Morgan fingerprint density at radius 1 is 1.14 bits per heavy atom. The van der Waals surface area contributed by atoms with Crippen molar-refractivity contribution in [2.24, 2.45) is 5.92 Å². The summed E-state index contributed by atoms with van der Waals surface area (Å²) in [4.78, 5) is 26.3. The number of benzene rings is 1. The van der Waals surface area contributed by atoms with E-state index in [0.29, 0.717) is 29.9 Å². The second kappa shape index (κ2) is 10.3. The molecule has 1 aromatic carbocycles. The largest absolute Gasteiger partial charge is 0.378 e. The average Bonchev–Trinajstić information content (AvgIpc) is 3.13. The van der Waals surface area contributed by atoms with Crippen molar-refractivity contribution >= 4 is 29.5 Å². The number of amides is 2. The van der Waals surface area contributed by atoms with Crippen LogP contribution in [-0.4, -0.2) is 58.6 Å². The molecule has 1 aromatic heterocycles. The van der Waals surface area contributed by atoms with Crippen molar-refractivity contribution in [2.45, 2.75) is 25.5 Å². The molecule has 0 spiro atoms. The SMILES string of the molecule is CC(C)Cn1c(SCC(=O)NNC(=O)c2ccccc2)nnc1N1CCOCC1. The number of hydrazine groups is 1. The Balaban J connectivity index is 1.57. The van der Waals surface area contributed by atoms with Gasteiger partial charge in [0.2, 0.25) is 11.9 Å². The normalized spacial score (nSPS) is 14.1. The molecular formula is C19H26N6O3S. The van der Waals surface area contributed by atoms with Crippen LogP contribution in [0.15, 0.2) is 35.5 Å². The van der Waals surface area contributed by atoms with Crippen LogP contribution in [-0.2, 0) is 16.1 Å². The zero-order chi connectivity index (χ0) is 20.6. The number of thioether (sulfide) groups is 1. The molecule has 0 saturated carbocycles.